The van der Waals surface area contributed by atoms with Crippen LogP contribution in [0.15, 0.2) is 33.4 Å². The minimum absolute atomic E-state index is 0.127. The summed E-state index contributed by atoms with van der Waals surface area (Å²) in [4.78, 5) is 33.3. The van der Waals surface area contributed by atoms with Gasteiger partial charge in [0.1, 0.15) is 23.0 Å². The molecule has 8 heteroatoms. The molecule has 2 saturated carbocycles. The predicted molar refractivity (Wildman–Crippen MR) is 151 cm³/mol. The van der Waals surface area contributed by atoms with E-state index in [1.54, 1.807) is 20.1 Å². The van der Waals surface area contributed by atoms with Crippen molar-refractivity contribution in [1.82, 2.24) is 5.32 Å². The molecule has 0 bridgehead atoms. The zero-order valence-corrected chi connectivity index (χ0v) is 23.3. The summed E-state index contributed by atoms with van der Waals surface area (Å²) in [6, 6.07) is 4.64. The quantitative estimate of drug-likeness (QED) is 0.454. The van der Waals surface area contributed by atoms with Crippen LogP contribution in [0, 0.1) is 11.8 Å². The van der Waals surface area contributed by atoms with Crippen molar-refractivity contribution in [3.63, 3.8) is 0 Å². The number of rotatable bonds is 10. The highest BCUT2D eigenvalue weighted by atomic mass is 16.5. The second-order valence-corrected chi connectivity index (χ2v) is 11.5. The van der Waals surface area contributed by atoms with Gasteiger partial charge in [0.05, 0.1) is 12.7 Å². The van der Waals surface area contributed by atoms with Crippen LogP contribution < -0.4 is 10.2 Å². The molecule has 1 atom stereocenters. The Balaban J connectivity index is 1.38. The number of anilines is 1. The summed E-state index contributed by atoms with van der Waals surface area (Å²) >= 11 is 0. The maximum Gasteiger partial charge on any atom is 0.258 e. The predicted octanol–water partition coefficient (Wildman–Crippen LogP) is 5.15. The summed E-state index contributed by atoms with van der Waals surface area (Å²) in [5.74, 6) is 1.52. The summed E-state index contributed by atoms with van der Waals surface area (Å²) in [5, 5.41) is 3.93. The number of nitrogens with zero attached hydrogens (tertiary/aromatic N) is 2. The number of benzene rings is 1. The number of hydrogen-bond acceptors (Lipinski definition) is 6. The Morgan fingerprint density at radius 3 is 2.59 bits per heavy atom. The molecule has 1 N–H and O–H groups in total. The number of dihydropyridines is 1. The number of carbonyl (C=O) groups is 2. The number of methoxy groups -OCH3 is 1. The molecule has 4 aliphatic rings. The van der Waals surface area contributed by atoms with E-state index in [1.165, 1.54) is 12.8 Å². The number of fused-ring (bicyclic) bond motifs is 1. The number of ether oxygens (including phenoxy) is 2. The van der Waals surface area contributed by atoms with Gasteiger partial charge in [-0.05, 0) is 75.5 Å². The molecule has 2 aliphatic carbocycles. The number of carbonyl (C=O) groups excluding carboxylic acids is 2. The van der Waals surface area contributed by atoms with Gasteiger partial charge in [-0.25, -0.2) is 4.99 Å². The van der Waals surface area contributed by atoms with Crippen molar-refractivity contribution in [3.8, 4) is 0 Å². The van der Waals surface area contributed by atoms with E-state index in [0.29, 0.717) is 34.9 Å². The Hall–Kier alpha value is -3.13. The van der Waals surface area contributed by atoms with Gasteiger partial charge in [-0.2, -0.15) is 0 Å². The second-order valence-electron chi connectivity index (χ2n) is 11.5. The van der Waals surface area contributed by atoms with Crippen LogP contribution >= 0.6 is 0 Å². The van der Waals surface area contributed by atoms with Crippen LogP contribution in [-0.4, -0.2) is 57.0 Å². The largest absolute Gasteiger partial charge is 0.500 e. The normalized spacial score (nSPS) is 22.0. The van der Waals surface area contributed by atoms with Crippen molar-refractivity contribution in [2.45, 2.75) is 70.8 Å². The molecular formula is C31H39N3O5. The molecule has 2 amide bonds. The van der Waals surface area contributed by atoms with Crippen molar-refractivity contribution in [1.29, 1.82) is 0 Å². The molecule has 2 aliphatic heterocycles. The molecule has 3 fully saturated rings. The number of aliphatic imine (C=N–C) groups is 1. The summed E-state index contributed by atoms with van der Waals surface area (Å²) < 4.78 is 17.6. The fourth-order valence-corrected chi connectivity index (χ4v) is 6.08. The average Bonchev–Trinajstić information content (AvgIpc) is 3.88. The number of amides is 2. The highest BCUT2D eigenvalue weighted by Gasteiger charge is 2.35. The van der Waals surface area contributed by atoms with Crippen LogP contribution in [0.25, 0.3) is 11.0 Å². The fraction of sp³-hybridized carbons (Fsp3) is 0.581. The Morgan fingerprint density at radius 1 is 1.15 bits per heavy atom. The molecule has 1 aromatic carbocycles. The van der Waals surface area contributed by atoms with E-state index in [1.807, 2.05) is 0 Å². The Morgan fingerprint density at radius 2 is 1.92 bits per heavy atom. The lowest BCUT2D eigenvalue weighted by atomic mass is 9.94. The third-order valence-corrected chi connectivity index (χ3v) is 8.56. The summed E-state index contributed by atoms with van der Waals surface area (Å²) in [7, 11) is 1.55. The molecule has 2 aromatic rings. The van der Waals surface area contributed by atoms with Crippen molar-refractivity contribution in [3.05, 3.63) is 40.9 Å². The molecular weight excluding hydrogens is 494 g/mol. The number of nitrogens with one attached hydrogen (secondary N) is 1. The van der Waals surface area contributed by atoms with E-state index >= 15 is 0 Å². The second kappa shape index (κ2) is 10.8. The van der Waals surface area contributed by atoms with Gasteiger partial charge in [0, 0.05) is 61.1 Å². The zero-order chi connectivity index (χ0) is 27.1. The molecule has 6 rings (SSSR count). The molecule has 1 unspecified atom stereocenters. The zero-order valence-electron chi connectivity index (χ0n) is 23.3. The van der Waals surface area contributed by atoms with Crippen molar-refractivity contribution in [2.75, 3.05) is 38.3 Å². The maximum atomic E-state index is 14.0. The van der Waals surface area contributed by atoms with E-state index in [0.717, 1.165) is 79.8 Å². The minimum atomic E-state index is -0.633. The SMILES string of the molecule is CCc1c(N(CC2CC2)C2CCOCC2)cc2oc(C3CC3)cc2c1C(=O)NCC1C(=O)N=C(C)C=C1OC. The fourth-order valence-electron chi connectivity index (χ4n) is 6.08. The molecule has 208 valence electrons. The van der Waals surface area contributed by atoms with E-state index in [-0.39, 0.29) is 18.4 Å². The van der Waals surface area contributed by atoms with E-state index in [4.69, 9.17) is 13.9 Å². The molecule has 1 saturated heterocycles. The first-order valence-electron chi connectivity index (χ1n) is 14.5. The van der Waals surface area contributed by atoms with Gasteiger partial charge in [-0.1, -0.05) is 6.92 Å². The molecule has 3 heterocycles. The van der Waals surface area contributed by atoms with Gasteiger partial charge in [0.25, 0.3) is 11.8 Å². The smallest absolute Gasteiger partial charge is 0.258 e. The Bertz CT molecular complexity index is 1330. The van der Waals surface area contributed by atoms with Gasteiger partial charge < -0.3 is 24.1 Å². The molecule has 0 spiro atoms. The third kappa shape index (κ3) is 5.36. The van der Waals surface area contributed by atoms with Crippen LogP contribution in [0.2, 0.25) is 0 Å². The maximum absolute atomic E-state index is 14.0. The number of hydrogen-bond donors (Lipinski definition) is 1. The van der Waals surface area contributed by atoms with Crippen LogP contribution in [0.5, 0.6) is 0 Å². The lowest BCUT2D eigenvalue weighted by molar-refractivity contribution is -0.121. The van der Waals surface area contributed by atoms with Gasteiger partial charge in [-0.15, -0.1) is 0 Å². The van der Waals surface area contributed by atoms with E-state index < -0.39 is 5.92 Å². The van der Waals surface area contributed by atoms with Crippen LogP contribution in [0.3, 0.4) is 0 Å². The lowest BCUT2D eigenvalue weighted by Gasteiger charge is -2.38. The van der Waals surface area contributed by atoms with Crippen LogP contribution in [0.4, 0.5) is 5.69 Å². The Labute approximate surface area is 229 Å². The minimum Gasteiger partial charge on any atom is -0.500 e. The van der Waals surface area contributed by atoms with E-state index in [9.17, 15) is 9.59 Å². The van der Waals surface area contributed by atoms with Crippen molar-refractivity contribution < 1.29 is 23.5 Å². The standard InChI is InChI=1S/C31H39N3O5/c1-4-22-25(34(17-19-5-6-19)21-9-11-38-12-10-21)15-28-23(14-26(39-28)20-7-8-20)29(22)31(36)32-16-24-27(37-3)13-18(2)33-30(24)35/h13-15,19-21,24H,4-12,16-17H2,1-3H3,(H,32,36). The molecule has 39 heavy (non-hydrogen) atoms. The highest BCUT2D eigenvalue weighted by molar-refractivity contribution is 6.10. The molecule has 0 radical (unpaired) electrons. The molecule has 1 aromatic heterocycles. The summed E-state index contributed by atoms with van der Waals surface area (Å²) in [5.41, 5.74) is 4.20. The summed E-state index contributed by atoms with van der Waals surface area (Å²) in [6.07, 6.45) is 9.22. The van der Waals surface area contributed by atoms with Gasteiger partial charge >= 0.3 is 0 Å². The summed E-state index contributed by atoms with van der Waals surface area (Å²) in [6.45, 7) is 6.54. The topological polar surface area (TPSA) is 93.4 Å². The number of allylic oxidation sites excluding steroid dienone is 1. The van der Waals surface area contributed by atoms with Crippen molar-refractivity contribution in [2.24, 2.45) is 16.8 Å². The van der Waals surface area contributed by atoms with Gasteiger partial charge in [-0.3, -0.25) is 9.59 Å². The first-order chi connectivity index (χ1) is 19.0. The van der Waals surface area contributed by atoms with E-state index in [2.05, 4.69) is 34.3 Å². The highest BCUT2D eigenvalue weighted by Crippen LogP contribution is 2.45. The number of furan rings is 1. The van der Waals surface area contributed by atoms with Crippen LogP contribution in [-0.2, 0) is 20.7 Å². The van der Waals surface area contributed by atoms with Crippen molar-refractivity contribution >= 4 is 34.2 Å². The molecule has 8 nitrogen and oxygen atoms in total. The third-order valence-electron chi connectivity index (χ3n) is 8.56. The van der Waals surface area contributed by atoms with Gasteiger partial charge in [0.15, 0.2) is 0 Å². The monoisotopic (exact) mass is 533 g/mol. The van der Waals surface area contributed by atoms with Gasteiger partial charge in [0.2, 0.25) is 0 Å². The lowest BCUT2D eigenvalue weighted by Crippen LogP contribution is -2.42. The first kappa shape index (κ1) is 26.1. The average molecular weight is 534 g/mol. The first-order valence-corrected chi connectivity index (χ1v) is 14.5. The van der Waals surface area contributed by atoms with Crippen LogP contribution in [0.1, 0.15) is 80.0 Å². The Kier molecular flexibility index (Phi) is 7.23.